The van der Waals surface area contributed by atoms with Crippen molar-refractivity contribution in [1.82, 2.24) is 24.7 Å². The Bertz CT molecular complexity index is 1140. The van der Waals surface area contributed by atoms with Crippen LogP contribution in [0.1, 0.15) is 35.9 Å². The Morgan fingerprint density at radius 2 is 1.86 bits per heavy atom. The summed E-state index contributed by atoms with van der Waals surface area (Å²) in [5.74, 6) is 0.869. The molecule has 0 aliphatic rings. The summed E-state index contributed by atoms with van der Waals surface area (Å²) in [6.07, 6.45) is 1.68. The zero-order valence-corrected chi connectivity index (χ0v) is 16.5. The molecule has 7 nitrogen and oxygen atoms in total. The Labute approximate surface area is 168 Å². The summed E-state index contributed by atoms with van der Waals surface area (Å²) in [4.78, 5) is 20.4. The van der Waals surface area contributed by atoms with Crippen molar-refractivity contribution in [2.24, 2.45) is 0 Å². The van der Waals surface area contributed by atoms with E-state index in [9.17, 15) is 4.79 Å². The van der Waals surface area contributed by atoms with E-state index in [1.54, 1.807) is 18.5 Å². The second kappa shape index (κ2) is 7.71. The maximum absolute atomic E-state index is 12.7. The van der Waals surface area contributed by atoms with Gasteiger partial charge in [0.2, 0.25) is 0 Å². The van der Waals surface area contributed by atoms with Crippen molar-refractivity contribution in [2.75, 3.05) is 5.32 Å². The lowest BCUT2D eigenvalue weighted by Gasteiger charge is -2.10. The van der Waals surface area contributed by atoms with Gasteiger partial charge in [-0.15, -0.1) is 10.2 Å². The number of hydrogen-bond donors (Lipinski definition) is 2. The summed E-state index contributed by atoms with van der Waals surface area (Å²) in [6, 6.07) is 17.4. The predicted molar refractivity (Wildman–Crippen MR) is 113 cm³/mol. The van der Waals surface area contributed by atoms with Crippen molar-refractivity contribution >= 4 is 11.7 Å². The zero-order chi connectivity index (χ0) is 20.4. The van der Waals surface area contributed by atoms with E-state index in [0.717, 1.165) is 11.3 Å². The first kappa shape index (κ1) is 18.6. The van der Waals surface area contributed by atoms with Crippen LogP contribution in [0.25, 0.3) is 22.8 Å². The monoisotopic (exact) mass is 386 g/mol. The van der Waals surface area contributed by atoms with Crippen molar-refractivity contribution in [2.45, 2.75) is 26.8 Å². The van der Waals surface area contributed by atoms with Crippen LogP contribution < -0.4 is 5.32 Å². The molecule has 29 heavy (non-hydrogen) atoms. The number of H-pyrrole nitrogens is 1. The number of pyridine rings is 1. The van der Waals surface area contributed by atoms with Crippen molar-refractivity contribution in [3.8, 4) is 22.8 Å². The van der Waals surface area contributed by atoms with Gasteiger partial charge >= 0.3 is 0 Å². The highest BCUT2D eigenvalue weighted by Crippen LogP contribution is 2.21. The third kappa shape index (κ3) is 3.94. The number of aromatic nitrogens is 5. The molecule has 1 amide bonds. The number of benzene rings is 1. The minimum Gasteiger partial charge on any atom is -0.351 e. The van der Waals surface area contributed by atoms with Gasteiger partial charge in [0, 0.05) is 11.7 Å². The van der Waals surface area contributed by atoms with Crippen LogP contribution in [0.5, 0.6) is 0 Å². The lowest BCUT2D eigenvalue weighted by atomic mass is 10.1. The molecule has 1 aromatic carbocycles. The number of rotatable bonds is 5. The minimum atomic E-state index is -0.252. The summed E-state index contributed by atoms with van der Waals surface area (Å²) in [6.45, 7) is 6.15. The van der Waals surface area contributed by atoms with Crippen LogP contribution in [-0.2, 0) is 0 Å². The van der Waals surface area contributed by atoms with Gasteiger partial charge in [0.25, 0.3) is 5.91 Å². The largest absolute Gasteiger partial charge is 0.351 e. The molecule has 3 heterocycles. The molecule has 0 aliphatic heterocycles. The lowest BCUT2D eigenvalue weighted by Crippen LogP contribution is -2.13. The molecule has 146 valence electrons. The summed E-state index contributed by atoms with van der Waals surface area (Å²) < 4.78 is 1.94. The van der Waals surface area contributed by atoms with Crippen LogP contribution in [0.2, 0.25) is 0 Å². The normalized spacial score (nSPS) is 11.0. The predicted octanol–water partition coefficient (Wildman–Crippen LogP) is 4.48. The van der Waals surface area contributed by atoms with Crippen LogP contribution in [0.15, 0.2) is 60.9 Å². The molecule has 0 unspecified atom stereocenters. The molecule has 0 saturated heterocycles. The molecular formula is C22H22N6O. The number of anilines is 1. The van der Waals surface area contributed by atoms with Gasteiger partial charge in [-0.05, 0) is 50.6 Å². The molecule has 0 atom stereocenters. The van der Waals surface area contributed by atoms with E-state index in [0.29, 0.717) is 23.0 Å². The van der Waals surface area contributed by atoms with Crippen molar-refractivity contribution in [1.29, 1.82) is 0 Å². The molecule has 7 heteroatoms. The molecule has 0 spiro atoms. The number of carbonyl (C=O) groups excluding carboxylic acids is 1. The number of nitrogens with zero attached hydrogens (tertiary/aromatic N) is 4. The van der Waals surface area contributed by atoms with E-state index in [4.69, 9.17) is 0 Å². The van der Waals surface area contributed by atoms with Crippen molar-refractivity contribution in [3.63, 3.8) is 0 Å². The molecule has 0 aliphatic carbocycles. The first-order valence-corrected chi connectivity index (χ1v) is 9.45. The third-order valence-corrected chi connectivity index (χ3v) is 4.64. The zero-order valence-electron chi connectivity index (χ0n) is 16.5. The molecule has 0 bridgehead atoms. The molecule has 0 saturated carbocycles. The van der Waals surface area contributed by atoms with E-state index < -0.39 is 0 Å². The standard InChI is InChI=1S/C22H22N6O/c1-14(2)28-13-23-27-21(28)18-5-4-6-20(25-18)26-22(29)19-12-11-17(24-19)16-9-7-15(3)8-10-16/h4-14,24H,1-3H3,(H,25,26,29). The third-order valence-electron chi connectivity index (χ3n) is 4.64. The topological polar surface area (TPSA) is 88.5 Å². The average Bonchev–Trinajstić information content (AvgIpc) is 3.39. The van der Waals surface area contributed by atoms with Crippen molar-refractivity contribution in [3.05, 3.63) is 72.2 Å². The van der Waals surface area contributed by atoms with Gasteiger partial charge in [0.1, 0.15) is 23.5 Å². The maximum Gasteiger partial charge on any atom is 0.273 e. The van der Waals surface area contributed by atoms with Gasteiger partial charge in [-0.3, -0.25) is 4.79 Å². The Morgan fingerprint density at radius 3 is 2.62 bits per heavy atom. The van der Waals surface area contributed by atoms with E-state index in [-0.39, 0.29) is 11.9 Å². The minimum absolute atomic E-state index is 0.208. The lowest BCUT2D eigenvalue weighted by molar-refractivity contribution is 0.102. The fraction of sp³-hybridized carbons (Fsp3) is 0.182. The second-order valence-corrected chi connectivity index (χ2v) is 7.17. The summed E-state index contributed by atoms with van der Waals surface area (Å²) >= 11 is 0. The van der Waals surface area contributed by atoms with E-state index in [2.05, 4.69) is 39.3 Å². The highest BCUT2D eigenvalue weighted by molar-refractivity contribution is 6.03. The SMILES string of the molecule is Cc1ccc(-c2ccc(C(=O)Nc3cccc(-c4nncn4C(C)C)n3)[nH]2)cc1. The first-order valence-electron chi connectivity index (χ1n) is 9.45. The van der Waals surface area contributed by atoms with Crippen LogP contribution in [0, 0.1) is 6.92 Å². The summed E-state index contributed by atoms with van der Waals surface area (Å²) in [7, 11) is 0. The smallest absolute Gasteiger partial charge is 0.273 e. The summed E-state index contributed by atoms with van der Waals surface area (Å²) in [5, 5.41) is 11.0. The van der Waals surface area contributed by atoms with Crippen molar-refractivity contribution < 1.29 is 4.79 Å². The van der Waals surface area contributed by atoms with Crippen LogP contribution in [-0.4, -0.2) is 30.6 Å². The number of aromatic amines is 1. The Hall–Kier alpha value is -3.74. The first-order chi connectivity index (χ1) is 14.0. The molecule has 3 aromatic heterocycles. The van der Waals surface area contributed by atoms with Crippen LogP contribution in [0.4, 0.5) is 5.82 Å². The van der Waals surface area contributed by atoms with E-state index in [1.807, 2.05) is 54.0 Å². The number of hydrogen-bond acceptors (Lipinski definition) is 4. The molecule has 0 fully saturated rings. The molecule has 0 radical (unpaired) electrons. The highest BCUT2D eigenvalue weighted by Gasteiger charge is 2.14. The highest BCUT2D eigenvalue weighted by atomic mass is 16.1. The number of nitrogens with one attached hydrogen (secondary N) is 2. The molecule has 4 aromatic rings. The van der Waals surface area contributed by atoms with E-state index in [1.165, 1.54) is 5.56 Å². The fourth-order valence-corrected chi connectivity index (χ4v) is 3.05. The van der Waals surface area contributed by atoms with Crippen LogP contribution in [0.3, 0.4) is 0 Å². The maximum atomic E-state index is 12.7. The van der Waals surface area contributed by atoms with Crippen LogP contribution >= 0.6 is 0 Å². The van der Waals surface area contributed by atoms with Gasteiger partial charge in [-0.2, -0.15) is 0 Å². The Balaban J connectivity index is 1.53. The van der Waals surface area contributed by atoms with Gasteiger partial charge in [-0.25, -0.2) is 4.98 Å². The average molecular weight is 386 g/mol. The molecule has 2 N–H and O–H groups in total. The number of aryl methyl sites for hydroxylation is 1. The number of carbonyl (C=O) groups is 1. The van der Waals surface area contributed by atoms with E-state index >= 15 is 0 Å². The molecule has 4 rings (SSSR count). The Kier molecular flexibility index (Phi) is 4.95. The number of amides is 1. The van der Waals surface area contributed by atoms with Gasteiger partial charge in [0.05, 0.1) is 0 Å². The summed E-state index contributed by atoms with van der Waals surface area (Å²) in [5.41, 5.74) is 4.24. The Morgan fingerprint density at radius 1 is 1.07 bits per heavy atom. The second-order valence-electron chi connectivity index (χ2n) is 7.17. The van der Waals surface area contributed by atoms with Gasteiger partial charge in [0.15, 0.2) is 5.82 Å². The molecular weight excluding hydrogens is 364 g/mol. The quantitative estimate of drug-likeness (QED) is 0.529. The van der Waals surface area contributed by atoms with Gasteiger partial charge in [-0.1, -0.05) is 35.9 Å². The van der Waals surface area contributed by atoms with Gasteiger partial charge < -0.3 is 14.9 Å². The fourth-order valence-electron chi connectivity index (χ4n) is 3.05.